The van der Waals surface area contributed by atoms with Gasteiger partial charge in [0.1, 0.15) is 5.56 Å². The maximum absolute atomic E-state index is 12.6. The van der Waals surface area contributed by atoms with Gasteiger partial charge in [0.2, 0.25) is 0 Å². The highest BCUT2D eigenvalue weighted by Gasteiger charge is 2.37. The van der Waals surface area contributed by atoms with Gasteiger partial charge >= 0.3 is 5.97 Å². The Hall–Kier alpha value is -2.84. The first-order chi connectivity index (χ1) is 15.2. The molecule has 1 aliphatic heterocycles. The fraction of sp³-hybridized carbons (Fsp3) is 0.500. The first-order valence-electron chi connectivity index (χ1n) is 10.5. The van der Waals surface area contributed by atoms with E-state index >= 15 is 0 Å². The fourth-order valence-electron chi connectivity index (χ4n) is 4.28. The number of nitrogens with zero attached hydrogens (tertiary/aromatic N) is 1. The van der Waals surface area contributed by atoms with Crippen LogP contribution in [0.4, 0.5) is 0 Å². The van der Waals surface area contributed by atoms with E-state index in [2.05, 4.69) is 13.8 Å². The van der Waals surface area contributed by atoms with Gasteiger partial charge in [0.15, 0.2) is 16.9 Å². The molecule has 0 saturated carbocycles. The van der Waals surface area contributed by atoms with Gasteiger partial charge in [0.25, 0.3) is 0 Å². The zero-order valence-electron chi connectivity index (χ0n) is 19.3. The summed E-state index contributed by atoms with van der Waals surface area (Å²) in [4.78, 5) is 24.2. The SMILES string of the molecule is COCCCOc1cc2c(cc1OC)-c1cc(=O)c(C(=O)O)cn1[C@@H](C(C)(C)COC)C2. The van der Waals surface area contributed by atoms with Crippen molar-refractivity contribution in [2.75, 3.05) is 41.2 Å². The summed E-state index contributed by atoms with van der Waals surface area (Å²) in [7, 11) is 4.86. The van der Waals surface area contributed by atoms with Crippen molar-refractivity contribution in [1.82, 2.24) is 4.57 Å². The Bertz CT molecular complexity index is 1040. The summed E-state index contributed by atoms with van der Waals surface area (Å²) in [6.07, 6.45) is 2.82. The number of aromatic nitrogens is 1. The molecule has 1 N–H and O–H groups in total. The molecule has 1 aromatic carbocycles. The van der Waals surface area contributed by atoms with E-state index in [1.807, 2.05) is 16.7 Å². The van der Waals surface area contributed by atoms with Gasteiger partial charge in [0.05, 0.1) is 26.0 Å². The van der Waals surface area contributed by atoms with E-state index in [1.54, 1.807) is 21.3 Å². The molecule has 0 bridgehead atoms. The highest BCUT2D eigenvalue weighted by atomic mass is 16.5. The molecule has 174 valence electrons. The van der Waals surface area contributed by atoms with Crippen molar-refractivity contribution >= 4 is 5.97 Å². The van der Waals surface area contributed by atoms with Crippen LogP contribution in [0.5, 0.6) is 11.5 Å². The Kier molecular flexibility index (Phi) is 7.26. The van der Waals surface area contributed by atoms with E-state index in [0.717, 1.165) is 17.5 Å². The molecule has 2 heterocycles. The molecule has 0 amide bonds. The number of carboxylic acid groups (broad SMARTS) is 1. The van der Waals surface area contributed by atoms with E-state index < -0.39 is 11.4 Å². The first kappa shape index (κ1) is 23.8. The summed E-state index contributed by atoms with van der Waals surface area (Å²) in [5, 5.41) is 9.51. The van der Waals surface area contributed by atoms with Crippen LogP contribution in [-0.2, 0) is 15.9 Å². The lowest BCUT2D eigenvalue weighted by Gasteiger charge is -2.40. The van der Waals surface area contributed by atoms with Crippen LogP contribution < -0.4 is 14.9 Å². The molecule has 8 nitrogen and oxygen atoms in total. The number of hydrogen-bond acceptors (Lipinski definition) is 6. The second-order valence-electron chi connectivity index (χ2n) is 8.65. The van der Waals surface area contributed by atoms with E-state index in [9.17, 15) is 14.7 Å². The highest BCUT2D eigenvalue weighted by Crippen LogP contribution is 2.46. The van der Waals surface area contributed by atoms with Crippen molar-refractivity contribution in [2.45, 2.75) is 32.7 Å². The van der Waals surface area contributed by atoms with Gasteiger partial charge in [-0.1, -0.05) is 13.8 Å². The molecule has 0 fully saturated rings. The van der Waals surface area contributed by atoms with Crippen molar-refractivity contribution < 1.29 is 28.8 Å². The van der Waals surface area contributed by atoms with Crippen molar-refractivity contribution in [3.05, 3.63) is 45.7 Å². The predicted molar refractivity (Wildman–Crippen MR) is 120 cm³/mol. The smallest absolute Gasteiger partial charge is 0.341 e. The topological polar surface area (TPSA) is 96.2 Å². The van der Waals surface area contributed by atoms with Crippen molar-refractivity contribution in [2.24, 2.45) is 5.41 Å². The third-order valence-corrected chi connectivity index (χ3v) is 5.89. The van der Waals surface area contributed by atoms with Crippen LogP contribution in [0.25, 0.3) is 11.3 Å². The Labute approximate surface area is 187 Å². The van der Waals surface area contributed by atoms with E-state index in [0.29, 0.717) is 43.4 Å². The third-order valence-electron chi connectivity index (χ3n) is 5.89. The molecular formula is C24H31NO7. The number of pyridine rings is 1. The van der Waals surface area contributed by atoms with E-state index in [-0.39, 0.29) is 17.0 Å². The average molecular weight is 446 g/mol. The van der Waals surface area contributed by atoms with E-state index in [4.69, 9.17) is 18.9 Å². The molecule has 0 radical (unpaired) electrons. The Morgan fingerprint density at radius 3 is 2.50 bits per heavy atom. The zero-order chi connectivity index (χ0) is 23.5. The van der Waals surface area contributed by atoms with Gasteiger partial charge in [-0.25, -0.2) is 4.79 Å². The van der Waals surface area contributed by atoms with Crippen LogP contribution in [0, 0.1) is 5.41 Å². The van der Waals surface area contributed by atoms with Gasteiger partial charge in [-0.3, -0.25) is 4.79 Å². The number of hydrogen-bond donors (Lipinski definition) is 1. The highest BCUT2D eigenvalue weighted by molar-refractivity contribution is 5.88. The van der Waals surface area contributed by atoms with Crippen molar-refractivity contribution in [3.8, 4) is 22.8 Å². The molecule has 32 heavy (non-hydrogen) atoms. The number of rotatable bonds is 10. The molecule has 0 saturated heterocycles. The molecule has 8 heteroatoms. The number of ether oxygens (including phenoxy) is 4. The number of carboxylic acids is 1. The zero-order valence-corrected chi connectivity index (χ0v) is 19.3. The quantitative estimate of drug-likeness (QED) is 0.560. The van der Waals surface area contributed by atoms with Crippen LogP contribution >= 0.6 is 0 Å². The Morgan fingerprint density at radius 2 is 1.88 bits per heavy atom. The van der Waals surface area contributed by atoms with Crippen LogP contribution in [0.2, 0.25) is 0 Å². The van der Waals surface area contributed by atoms with Gasteiger partial charge in [-0.15, -0.1) is 0 Å². The minimum absolute atomic E-state index is 0.126. The molecule has 1 aromatic heterocycles. The minimum Gasteiger partial charge on any atom is -0.493 e. The van der Waals surface area contributed by atoms with Crippen LogP contribution in [0.1, 0.15) is 42.2 Å². The number of carbonyl (C=O) groups is 1. The standard InChI is InChI=1S/C24H31NO7/c1-24(2,14-30-4)22-10-15-9-21(32-8-6-7-29-3)20(31-5)11-16(15)18-12-19(26)17(23(27)28)13-25(18)22/h9,11-13,22H,6-8,10,14H2,1-5H3,(H,27,28)/t22-/m1/s1. The lowest BCUT2D eigenvalue weighted by atomic mass is 9.77. The Morgan fingerprint density at radius 1 is 1.12 bits per heavy atom. The lowest BCUT2D eigenvalue weighted by molar-refractivity contribution is 0.0615. The molecule has 0 aliphatic carbocycles. The minimum atomic E-state index is -1.24. The molecule has 1 aliphatic rings. The summed E-state index contributed by atoms with van der Waals surface area (Å²) < 4.78 is 23.9. The van der Waals surface area contributed by atoms with Gasteiger partial charge in [-0.2, -0.15) is 0 Å². The monoisotopic (exact) mass is 445 g/mol. The average Bonchev–Trinajstić information content (AvgIpc) is 2.74. The number of methoxy groups -OCH3 is 3. The van der Waals surface area contributed by atoms with Crippen molar-refractivity contribution in [3.63, 3.8) is 0 Å². The molecule has 3 rings (SSSR count). The van der Waals surface area contributed by atoms with Crippen LogP contribution in [0.3, 0.4) is 0 Å². The second-order valence-corrected chi connectivity index (χ2v) is 8.65. The predicted octanol–water partition coefficient (Wildman–Crippen LogP) is 3.41. The Balaban J connectivity index is 2.15. The fourth-order valence-corrected chi connectivity index (χ4v) is 4.28. The molecule has 1 atom stereocenters. The summed E-state index contributed by atoms with van der Waals surface area (Å²) in [5.41, 5.74) is 1.37. The number of aromatic carboxylic acids is 1. The van der Waals surface area contributed by atoms with Gasteiger partial charge in [0, 0.05) is 56.5 Å². The largest absolute Gasteiger partial charge is 0.493 e. The van der Waals surface area contributed by atoms with Crippen molar-refractivity contribution in [1.29, 1.82) is 0 Å². The van der Waals surface area contributed by atoms with Gasteiger partial charge < -0.3 is 28.6 Å². The first-order valence-corrected chi connectivity index (χ1v) is 10.5. The lowest BCUT2D eigenvalue weighted by Crippen LogP contribution is -2.37. The molecular weight excluding hydrogens is 414 g/mol. The summed E-state index contributed by atoms with van der Waals surface area (Å²) in [5.74, 6) is -0.0579. The normalized spacial score (nSPS) is 15.1. The summed E-state index contributed by atoms with van der Waals surface area (Å²) in [6, 6.07) is 5.08. The van der Waals surface area contributed by atoms with E-state index in [1.165, 1.54) is 12.3 Å². The maximum atomic E-state index is 12.6. The van der Waals surface area contributed by atoms with Crippen LogP contribution in [-0.4, -0.2) is 56.8 Å². The van der Waals surface area contributed by atoms with Gasteiger partial charge in [-0.05, 0) is 24.1 Å². The van der Waals surface area contributed by atoms with Crippen LogP contribution in [0.15, 0.2) is 29.2 Å². The summed E-state index contributed by atoms with van der Waals surface area (Å²) in [6.45, 7) is 5.69. The number of fused-ring (bicyclic) bond motifs is 3. The molecule has 0 unspecified atom stereocenters. The second kappa shape index (κ2) is 9.75. The number of benzene rings is 1. The molecule has 2 aromatic rings. The molecule has 0 spiro atoms. The summed E-state index contributed by atoms with van der Waals surface area (Å²) >= 11 is 0. The third kappa shape index (κ3) is 4.66. The maximum Gasteiger partial charge on any atom is 0.341 e.